The molecule has 0 bridgehead atoms. The maximum absolute atomic E-state index is 11.4. The van der Waals surface area contributed by atoms with Crippen molar-refractivity contribution in [3.8, 4) is 12.3 Å². The Hall–Kier alpha value is -1.01. The molecule has 1 atom stereocenters. The Balaban J connectivity index is 2.50. The third kappa shape index (κ3) is 2.22. The van der Waals surface area contributed by atoms with Crippen LogP contribution < -0.4 is 5.73 Å². The summed E-state index contributed by atoms with van der Waals surface area (Å²) in [7, 11) is 0. The molecule has 0 radical (unpaired) electrons. The van der Waals surface area contributed by atoms with E-state index in [4.69, 9.17) is 12.2 Å². The molecule has 0 aromatic rings. The van der Waals surface area contributed by atoms with Gasteiger partial charge < -0.3 is 10.6 Å². The normalized spacial score (nSPS) is 27.3. The molecule has 0 aromatic carbocycles. The first-order valence-electron chi connectivity index (χ1n) is 4.52. The molecule has 0 aromatic heterocycles. The van der Waals surface area contributed by atoms with Crippen LogP contribution in [-0.4, -0.2) is 30.4 Å². The smallest absolute Gasteiger partial charge is 0.234 e. The highest BCUT2D eigenvalue weighted by atomic mass is 16.2. The molecule has 72 valence electrons. The third-order valence-corrected chi connectivity index (χ3v) is 2.66. The molecule has 13 heavy (non-hydrogen) atoms. The van der Waals surface area contributed by atoms with E-state index < -0.39 is 0 Å². The van der Waals surface area contributed by atoms with E-state index in [0.717, 1.165) is 19.5 Å². The fourth-order valence-electron chi connectivity index (χ4n) is 1.60. The molecule has 1 heterocycles. The van der Waals surface area contributed by atoms with E-state index in [1.54, 1.807) is 0 Å². The quantitative estimate of drug-likeness (QED) is 0.617. The highest BCUT2D eigenvalue weighted by Crippen LogP contribution is 2.28. The minimum Gasteiger partial charge on any atom is -0.341 e. The van der Waals surface area contributed by atoms with Crippen LogP contribution in [0.15, 0.2) is 0 Å². The molecule has 3 nitrogen and oxygen atoms in total. The fourth-order valence-corrected chi connectivity index (χ4v) is 1.60. The molecule has 1 saturated heterocycles. The molecule has 1 aliphatic heterocycles. The number of rotatable bonds is 2. The van der Waals surface area contributed by atoms with Gasteiger partial charge in [-0.15, -0.1) is 6.42 Å². The summed E-state index contributed by atoms with van der Waals surface area (Å²) in [6, 6.07) is 0. The average Bonchev–Trinajstić information content (AvgIpc) is 2.50. The maximum Gasteiger partial charge on any atom is 0.234 e. The van der Waals surface area contributed by atoms with Gasteiger partial charge in [0.25, 0.3) is 0 Å². The number of hydrogen-bond acceptors (Lipinski definition) is 2. The molecular formula is C10H16N2O. The fraction of sp³-hybridized carbons (Fsp3) is 0.700. The molecule has 1 unspecified atom stereocenters. The van der Waals surface area contributed by atoms with Crippen LogP contribution in [0.25, 0.3) is 0 Å². The van der Waals surface area contributed by atoms with Gasteiger partial charge in [-0.25, -0.2) is 0 Å². The van der Waals surface area contributed by atoms with Crippen molar-refractivity contribution in [1.82, 2.24) is 4.90 Å². The Kier molecular flexibility index (Phi) is 2.94. The summed E-state index contributed by atoms with van der Waals surface area (Å²) in [4.78, 5) is 13.2. The average molecular weight is 180 g/mol. The van der Waals surface area contributed by atoms with Gasteiger partial charge in [0.2, 0.25) is 5.91 Å². The number of terminal acetylenes is 1. The molecule has 0 spiro atoms. The Bertz CT molecular complexity index is 244. The minimum atomic E-state index is 0.0553. The van der Waals surface area contributed by atoms with Crippen molar-refractivity contribution in [2.24, 2.45) is 11.1 Å². The van der Waals surface area contributed by atoms with E-state index in [2.05, 4.69) is 12.8 Å². The molecule has 1 fully saturated rings. The van der Waals surface area contributed by atoms with Gasteiger partial charge in [-0.05, 0) is 18.4 Å². The molecular weight excluding hydrogens is 164 g/mol. The van der Waals surface area contributed by atoms with Gasteiger partial charge in [-0.3, -0.25) is 4.79 Å². The van der Waals surface area contributed by atoms with Crippen LogP contribution in [-0.2, 0) is 4.79 Å². The van der Waals surface area contributed by atoms with Crippen molar-refractivity contribution in [3.05, 3.63) is 0 Å². The summed E-state index contributed by atoms with van der Waals surface area (Å²) in [5, 5.41) is 0. The van der Waals surface area contributed by atoms with Crippen LogP contribution in [0.1, 0.15) is 19.8 Å². The summed E-state index contributed by atoms with van der Waals surface area (Å²) >= 11 is 0. The van der Waals surface area contributed by atoms with Gasteiger partial charge in [0.15, 0.2) is 0 Å². The van der Waals surface area contributed by atoms with Crippen molar-refractivity contribution in [2.45, 2.75) is 19.8 Å². The summed E-state index contributed by atoms with van der Waals surface area (Å²) < 4.78 is 0. The summed E-state index contributed by atoms with van der Waals surface area (Å²) in [6.07, 6.45) is 6.27. The molecule has 1 aliphatic rings. The number of nitrogens with two attached hydrogens (primary N) is 1. The SMILES string of the molecule is C#CCC(=O)N1CCC(C)(CN)C1. The van der Waals surface area contributed by atoms with Crippen molar-refractivity contribution in [3.63, 3.8) is 0 Å². The van der Waals surface area contributed by atoms with Crippen LogP contribution in [0.4, 0.5) is 0 Å². The highest BCUT2D eigenvalue weighted by molar-refractivity contribution is 5.78. The van der Waals surface area contributed by atoms with Crippen molar-refractivity contribution in [1.29, 1.82) is 0 Å². The minimum absolute atomic E-state index is 0.0553. The Labute approximate surface area is 79.3 Å². The van der Waals surface area contributed by atoms with E-state index in [1.165, 1.54) is 0 Å². The zero-order valence-electron chi connectivity index (χ0n) is 8.05. The number of hydrogen-bond donors (Lipinski definition) is 1. The predicted octanol–water partition coefficient (Wildman–Crippen LogP) is 0.207. The van der Waals surface area contributed by atoms with Crippen LogP contribution in [0.3, 0.4) is 0 Å². The lowest BCUT2D eigenvalue weighted by Gasteiger charge is -2.22. The zero-order valence-corrected chi connectivity index (χ0v) is 8.05. The first kappa shape index (κ1) is 10.1. The van der Waals surface area contributed by atoms with Crippen LogP contribution in [0, 0.1) is 17.8 Å². The van der Waals surface area contributed by atoms with Gasteiger partial charge in [-0.1, -0.05) is 12.8 Å². The van der Waals surface area contributed by atoms with Gasteiger partial charge >= 0.3 is 0 Å². The summed E-state index contributed by atoms with van der Waals surface area (Å²) in [5.74, 6) is 2.42. The summed E-state index contributed by atoms with van der Waals surface area (Å²) in [6.45, 7) is 4.29. The second-order valence-electron chi connectivity index (χ2n) is 3.96. The number of carbonyl (C=O) groups is 1. The maximum atomic E-state index is 11.4. The van der Waals surface area contributed by atoms with E-state index in [1.807, 2.05) is 4.90 Å². The number of carbonyl (C=O) groups excluding carboxylic acids is 1. The topological polar surface area (TPSA) is 46.3 Å². The Morgan fingerprint density at radius 2 is 2.46 bits per heavy atom. The molecule has 0 aliphatic carbocycles. The Morgan fingerprint density at radius 3 is 2.92 bits per heavy atom. The first-order chi connectivity index (χ1) is 6.11. The van der Waals surface area contributed by atoms with Crippen LogP contribution >= 0.6 is 0 Å². The first-order valence-corrected chi connectivity index (χ1v) is 4.52. The van der Waals surface area contributed by atoms with Gasteiger partial charge in [-0.2, -0.15) is 0 Å². The second-order valence-corrected chi connectivity index (χ2v) is 3.96. The lowest BCUT2D eigenvalue weighted by atomic mass is 9.90. The standard InChI is InChI=1S/C10H16N2O/c1-3-4-9(13)12-6-5-10(2,7-11)8-12/h1H,4-8,11H2,2H3. The van der Waals surface area contributed by atoms with Crippen molar-refractivity contribution in [2.75, 3.05) is 19.6 Å². The second kappa shape index (κ2) is 3.80. The van der Waals surface area contributed by atoms with Crippen molar-refractivity contribution < 1.29 is 4.79 Å². The molecule has 3 heteroatoms. The largest absolute Gasteiger partial charge is 0.341 e. The summed E-state index contributed by atoms with van der Waals surface area (Å²) in [5.41, 5.74) is 5.73. The van der Waals surface area contributed by atoms with Gasteiger partial charge in [0.05, 0.1) is 6.42 Å². The predicted molar refractivity (Wildman–Crippen MR) is 51.8 cm³/mol. The number of nitrogens with zero attached hydrogens (tertiary/aromatic N) is 1. The molecule has 1 amide bonds. The van der Waals surface area contributed by atoms with E-state index in [0.29, 0.717) is 6.54 Å². The molecule has 2 N–H and O–H groups in total. The van der Waals surface area contributed by atoms with Crippen molar-refractivity contribution >= 4 is 5.91 Å². The van der Waals surface area contributed by atoms with E-state index in [-0.39, 0.29) is 17.7 Å². The van der Waals surface area contributed by atoms with E-state index in [9.17, 15) is 4.79 Å². The van der Waals surface area contributed by atoms with Crippen LogP contribution in [0.2, 0.25) is 0 Å². The highest BCUT2D eigenvalue weighted by Gasteiger charge is 2.34. The zero-order chi connectivity index (χ0) is 9.90. The van der Waals surface area contributed by atoms with Gasteiger partial charge in [0, 0.05) is 13.1 Å². The monoisotopic (exact) mass is 180 g/mol. The van der Waals surface area contributed by atoms with E-state index >= 15 is 0 Å². The lowest BCUT2D eigenvalue weighted by molar-refractivity contribution is -0.129. The Morgan fingerprint density at radius 1 is 1.77 bits per heavy atom. The number of amides is 1. The molecule has 1 rings (SSSR count). The van der Waals surface area contributed by atoms with Gasteiger partial charge in [0.1, 0.15) is 0 Å². The molecule has 0 saturated carbocycles. The van der Waals surface area contributed by atoms with Crippen LogP contribution in [0.5, 0.6) is 0 Å². The lowest BCUT2D eigenvalue weighted by Crippen LogP contribution is -2.34. The number of likely N-dealkylation sites (tertiary alicyclic amines) is 1. The third-order valence-electron chi connectivity index (χ3n) is 2.66.